The molecule has 4 nitrogen and oxygen atoms in total. The van der Waals surface area contributed by atoms with Crippen molar-refractivity contribution in [3.8, 4) is 5.88 Å². The van der Waals surface area contributed by atoms with Gasteiger partial charge in [-0.1, -0.05) is 26.2 Å². The molecule has 2 rings (SSSR count). The van der Waals surface area contributed by atoms with Crippen LogP contribution in [0.5, 0.6) is 5.88 Å². The van der Waals surface area contributed by atoms with Gasteiger partial charge in [0.15, 0.2) is 0 Å². The predicted molar refractivity (Wildman–Crippen MR) is 64.5 cm³/mol. The fourth-order valence-corrected chi connectivity index (χ4v) is 1.90. The number of nitrogens with two attached hydrogens (primary N) is 1. The van der Waals surface area contributed by atoms with Gasteiger partial charge in [-0.25, -0.2) is 4.68 Å². The Morgan fingerprint density at radius 2 is 2.25 bits per heavy atom. The zero-order valence-electron chi connectivity index (χ0n) is 10.2. The number of ether oxygens (including phenoxy) is 1. The molecule has 2 N–H and O–H groups in total. The summed E-state index contributed by atoms with van der Waals surface area (Å²) in [6, 6.07) is 0. The number of aryl methyl sites for hydroxylation is 2. The van der Waals surface area contributed by atoms with Crippen LogP contribution in [0.3, 0.4) is 0 Å². The maximum atomic E-state index is 6.01. The maximum Gasteiger partial charge on any atom is 0.235 e. The molecule has 1 aliphatic rings. The van der Waals surface area contributed by atoms with Gasteiger partial charge in [-0.2, -0.15) is 5.10 Å². The number of hydrogen-bond donors (Lipinski definition) is 1. The SMILES string of the molecule is CCCc1nn(C)c(OCCC2CC2)c1N. The van der Waals surface area contributed by atoms with Gasteiger partial charge in [0.25, 0.3) is 0 Å². The van der Waals surface area contributed by atoms with E-state index in [1.54, 1.807) is 4.68 Å². The second-order valence-electron chi connectivity index (χ2n) is 4.62. The van der Waals surface area contributed by atoms with Crippen molar-refractivity contribution >= 4 is 5.69 Å². The first-order chi connectivity index (χ1) is 7.72. The van der Waals surface area contributed by atoms with Gasteiger partial charge in [0.1, 0.15) is 5.69 Å². The zero-order valence-corrected chi connectivity index (χ0v) is 10.2. The largest absolute Gasteiger partial charge is 0.476 e. The highest BCUT2D eigenvalue weighted by atomic mass is 16.5. The van der Waals surface area contributed by atoms with Crippen molar-refractivity contribution in [2.24, 2.45) is 13.0 Å². The van der Waals surface area contributed by atoms with E-state index in [9.17, 15) is 0 Å². The van der Waals surface area contributed by atoms with Crippen LogP contribution >= 0.6 is 0 Å². The number of aromatic nitrogens is 2. The number of anilines is 1. The van der Waals surface area contributed by atoms with Gasteiger partial charge in [0.05, 0.1) is 12.3 Å². The fraction of sp³-hybridized carbons (Fsp3) is 0.750. The van der Waals surface area contributed by atoms with E-state index in [4.69, 9.17) is 10.5 Å². The minimum absolute atomic E-state index is 0.722. The Bertz CT molecular complexity index is 355. The molecule has 0 saturated heterocycles. The molecule has 0 radical (unpaired) electrons. The Balaban J connectivity index is 1.95. The molecule has 1 heterocycles. The maximum absolute atomic E-state index is 6.01. The lowest BCUT2D eigenvalue weighted by molar-refractivity contribution is 0.279. The molecule has 0 bridgehead atoms. The molecule has 4 heteroatoms. The van der Waals surface area contributed by atoms with Crippen molar-refractivity contribution in [2.45, 2.75) is 39.0 Å². The molecule has 1 aromatic heterocycles. The molecule has 0 aromatic carbocycles. The highest BCUT2D eigenvalue weighted by Crippen LogP contribution is 2.33. The Hall–Kier alpha value is -1.19. The number of rotatable bonds is 6. The van der Waals surface area contributed by atoms with Crippen LogP contribution in [-0.4, -0.2) is 16.4 Å². The van der Waals surface area contributed by atoms with Crippen LogP contribution in [0.4, 0.5) is 5.69 Å². The summed E-state index contributed by atoms with van der Waals surface area (Å²) >= 11 is 0. The van der Waals surface area contributed by atoms with Crippen LogP contribution in [0.1, 0.15) is 38.3 Å². The Morgan fingerprint density at radius 1 is 1.50 bits per heavy atom. The summed E-state index contributed by atoms with van der Waals surface area (Å²) in [6.45, 7) is 2.89. The molecule has 0 atom stereocenters. The van der Waals surface area contributed by atoms with Gasteiger partial charge in [0.2, 0.25) is 5.88 Å². The van der Waals surface area contributed by atoms with Gasteiger partial charge in [0, 0.05) is 7.05 Å². The number of nitrogens with zero attached hydrogens (tertiary/aromatic N) is 2. The van der Waals surface area contributed by atoms with Crippen molar-refractivity contribution in [1.82, 2.24) is 9.78 Å². The van der Waals surface area contributed by atoms with E-state index in [1.807, 2.05) is 7.05 Å². The average molecular weight is 223 g/mol. The molecule has 90 valence electrons. The van der Waals surface area contributed by atoms with E-state index < -0.39 is 0 Å². The smallest absolute Gasteiger partial charge is 0.235 e. The molecule has 0 aliphatic heterocycles. The first kappa shape index (κ1) is 11.3. The van der Waals surface area contributed by atoms with E-state index in [2.05, 4.69) is 12.0 Å². The summed E-state index contributed by atoms with van der Waals surface area (Å²) < 4.78 is 7.48. The molecule has 1 aromatic rings. The molecular weight excluding hydrogens is 202 g/mol. The molecule has 1 saturated carbocycles. The summed E-state index contributed by atoms with van der Waals surface area (Å²) in [4.78, 5) is 0. The molecule has 16 heavy (non-hydrogen) atoms. The summed E-state index contributed by atoms with van der Waals surface area (Å²) in [5.41, 5.74) is 7.70. The van der Waals surface area contributed by atoms with Crippen LogP contribution in [0.15, 0.2) is 0 Å². The minimum Gasteiger partial charge on any atom is -0.476 e. The van der Waals surface area contributed by atoms with Crippen molar-refractivity contribution in [3.63, 3.8) is 0 Å². The Kier molecular flexibility index (Phi) is 3.36. The van der Waals surface area contributed by atoms with E-state index in [1.165, 1.54) is 12.8 Å². The molecule has 1 aliphatic carbocycles. The van der Waals surface area contributed by atoms with E-state index in [0.29, 0.717) is 0 Å². The standard InChI is InChI=1S/C12H21N3O/c1-3-4-10-11(13)12(15(2)14-10)16-8-7-9-5-6-9/h9H,3-8,13H2,1-2H3. The van der Waals surface area contributed by atoms with Crippen LogP contribution in [0, 0.1) is 5.92 Å². The lowest BCUT2D eigenvalue weighted by atomic mass is 10.2. The monoisotopic (exact) mass is 223 g/mol. The average Bonchev–Trinajstić information content (AvgIpc) is 3.02. The van der Waals surface area contributed by atoms with Gasteiger partial charge in [-0.15, -0.1) is 0 Å². The Morgan fingerprint density at radius 3 is 2.88 bits per heavy atom. The van der Waals surface area contributed by atoms with E-state index in [-0.39, 0.29) is 0 Å². The number of nitrogen functional groups attached to an aromatic ring is 1. The summed E-state index contributed by atoms with van der Waals surface area (Å²) in [7, 11) is 1.89. The molecule has 0 spiro atoms. The van der Waals surface area contributed by atoms with Crippen LogP contribution in [-0.2, 0) is 13.5 Å². The lowest BCUT2D eigenvalue weighted by Crippen LogP contribution is -2.04. The van der Waals surface area contributed by atoms with Crippen molar-refractivity contribution in [2.75, 3.05) is 12.3 Å². The predicted octanol–water partition coefficient (Wildman–Crippen LogP) is 2.13. The lowest BCUT2D eigenvalue weighted by Gasteiger charge is -2.06. The summed E-state index contributed by atoms with van der Waals surface area (Å²) in [6.07, 6.45) is 5.86. The van der Waals surface area contributed by atoms with Gasteiger partial charge in [-0.3, -0.25) is 0 Å². The van der Waals surface area contributed by atoms with Crippen molar-refractivity contribution < 1.29 is 4.74 Å². The fourth-order valence-electron chi connectivity index (χ4n) is 1.90. The molecule has 0 amide bonds. The normalized spacial score (nSPS) is 15.4. The summed E-state index contributed by atoms with van der Waals surface area (Å²) in [5.74, 6) is 1.63. The quantitative estimate of drug-likeness (QED) is 0.803. The van der Waals surface area contributed by atoms with Crippen LogP contribution < -0.4 is 10.5 Å². The third kappa shape index (κ3) is 2.49. The minimum atomic E-state index is 0.722. The van der Waals surface area contributed by atoms with E-state index >= 15 is 0 Å². The topological polar surface area (TPSA) is 53.1 Å². The zero-order chi connectivity index (χ0) is 11.5. The summed E-state index contributed by atoms with van der Waals surface area (Å²) in [5, 5.41) is 4.38. The first-order valence-electron chi connectivity index (χ1n) is 6.16. The highest BCUT2D eigenvalue weighted by molar-refractivity contribution is 5.53. The molecular formula is C12H21N3O. The van der Waals surface area contributed by atoms with Gasteiger partial charge >= 0.3 is 0 Å². The van der Waals surface area contributed by atoms with Crippen molar-refractivity contribution in [1.29, 1.82) is 0 Å². The third-order valence-electron chi connectivity index (χ3n) is 3.05. The number of hydrogen-bond acceptors (Lipinski definition) is 3. The second kappa shape index (κ2) is 4.76. The van der Waals surface area contributed by atoms with Crippen molar-refractivity contribution in [3.05, 3.63) is 5.69 Å². The van der Waals surface area contributed by atoms with E-state index in [0.717, 1.165) is 49.0 Å². The van der Waals surface area contributed by atoms with Crippen LogP contribution in [0.25, 0.3) is 0 Å². The highest BCUT2D eigenvalue weighted by Gasteiger charge is 2.21. The molecule has 0 unspecified atom stereocenters. The second-order valence-corrected chi connectivity index (χ2v) is 4.62. The first-order valence-corrected chi connectivity index (χ1v) is 6.16. The third-order valence-corrected chi connectivity index (χ3v) is 3.05. The molecule has 1 fully saturated rings. The van der Waals surface area contributed by atoms with Gasteiger partial charge < -0.3 is 10.5 Å². The Labute approximate surface area is 96.8 Å². The van der Waals surface area contributed by atoms with Crippen LogP contribution in [0.2, 0.25) is 0 Å². The van der Waals surface area contributed by atoms with Gasteiger partial charge in [-0.05, 0) is 18.8 Å².